The third-order valence-corrected chi connectivity index (χ3v) is 7.03. The van der Waals surface area contributed by atoms with Gasteiger partial charge in [0.05, 0.1) is 5.75 Å². The molecule has 1 N–H and O–H groups in total. The average Bonchev–Trinajstić information content (AvgIpc) is 2.65. The van der Waals surface area contributed by atoms with Crippen molar-refractivity contribution in [3.8, 4) is 0 Å². The zero-order chi connectivity index (χ0) is 20.4. The van der Waals surface area contributed by atoms with Crippen LogP contribution in [0.25, 0.3) is 0 Å². The van der Waals surface area contributed by atoms with Crippen molar-refractivity contribution in [1.82, 2.24) is 9.79 Å². The Balaban J connectivity index is 1.89. The molecule has 0 fully saturated rings. The molecule has 0 aliphatic carbocycles. The number of hydrogen-bond donors (Lipinski definition) is 1. The maximum Gasteiger partial charge on any atom is 0.261 e. The van der Waals surface area contributed by atoms with Gasteiger partial charge in [0.1, 0.15) is 6.04 Å². The van der Waals surface area contributed by atoms with E-state index in [1.165, 1.54) is 4.31 Å². The summed E-state index contributed by atoms with van der Waals surface area (Å²) >= 11 is 0. The molecule has 0 spiro atoms. The van der Waals surface area contributed by atoms with Crippen molar-refractivity contribution in [2.45, 2.75) is 44.4 Å². The predicted molar refractivity (Wildman–Crippen MR) is 111 cm³/mol. The summed E-state index contributed by atoms with van der Waals surface area (Å²) in [6, 6.07) is 15.8. The van der Waals surface area contributed by atoms with Crippen LogP contribution >= 0.6 is 0 Å². The zero-order valence-corrected chi connectivity index (χ0v) is 18.2. The minimum Gasteiger partial charge on any atom is -0.320 e. The van der Waals surface area contributed by atoms with Crippen LogP contribution in [0.1, 0.15) is 16.7 Å². The van der Waals surface area contributed by atoms with Gasteiger partial charge in [-0.3, -0.25) is 4.79 Å². The fourth-order valence-electron chi connectivity index (χ4n) is 3.15. The highest BCUT2D eigenvalue weighted by Crippen LogP contribution is 2.27. The van der Waals surface area contributed by atoms with Crippen LogP contribution in [0.15, 0.2) is 54.6 Å². The number of hydroxylamine groups is 1. The Kier molecular flexibility index (Phi) is 6.04. The molecule has 28 heavy (non-hydrogen) atoms. The highest BCUT2D eigenvalue weighted by atomic mass is 32.2. The van der Waals surface area contributed by atoms with E-state index in [1.54, 1.807) is 12.1 Å². The molecule has 150 valence electrons. The van der Waals surface area contributed by atoms with Crippen molar-refractivity contribution >= 4 is 24.2 Å². The van der Waals surface area contributed by atoms with Crippen LogP contribution in [0.4, 0.5) is 0 Å². The molecule has 0 saturated heterocycles. The van der Waals surface area contributed by atoms with Gasteiger partial charge in [-0.15, -0.1) is 0 Å². The van der Waals surface area contributed by atoms with E-state index in [9.17, 15) is 13.2 Å². The maximum atomic E-state index is 13.2. The molecule has 8 heteroatoms. The van der Waals surface area contributed by atoms with Crippen molar-refractivity contribution < 1.29 is 17.7 Å². The van der Waals surface area contributed by atoms with Crippen LogP contribution in [0.2, 0.25) is 19.6 Å². The minimum atomic E-state index is -3.70. The molecule has 0 bridgehead atoms. The molecule has 6 nitrogen and oxygen atoms in total. The van der Waals surface area contributed by atoms with E-state index in [1.807, 2.05) is 62.1 Å². The number of nitrogens with zero attached hydrogens (tertiary/aromatic N) is 1. The number of amides is 1. The van der Waals surface area contributed by atoms with Crippen LogP contribution in [-0.4, -0.2) is 33.0 Å². The maximum absolute atomic E-state index is 13.2. The number of fused-ring (bicyclic) bond motifs is 1. The summed E-state index contributed by atoms with van der Waals surface area (Å²) in [5.74, 6) is -0.567. The molecule has 2 aromatic carbocycles. The minimum absolute atomic E-state index is 0.144. The van der Waals surface area contributed by atoms with Crippen molar-refractivity contribution in [1.29, 1.82) is 0 Å². The van der Waals surface area contributed by atoms with Gasteiger partial charge < -0.3 is 4.53 Å². The molecule has 1 amide bonds. The van der Waals surface area contributed by atoms with Gasteiger partial charge in [-0.25, -0.2) is 13.9 Å². The summed E-state index contributed by atoms with van der Waals surface area (Å²) in [4.78, 5) is 12.8. The Hall–Kier alpha value is -2.00. The number of carbonyl (C=O) groups excluding carboxylic acids is 1. The standard InChI is InChI=1S/C20H26N2O4SSi/c1-28(2,3)26-21-20(23)19-13-17-11-7-8-12-18(17)14-22(19)27(24,25)15-16-9-5-4-6-10-16/h4-12,19H,13-15H2,1-3H3,(H,21,23)/t19-/m1/s1. The first-order valence-corrected chi connectivity index (χ1v) is 14.3. The van der Waals surface area contributed by atoms with Gasteiger partial charge in [0, 0.05) is 6.54 Å². The van der Waals surface area contributed by atoms with Crippen LogP contribution in [0, 0.1) is 0 Å². The van der Waals surface area contributed by atoms with E-state index >= 15 is 0 Å². The molecule has 0 aromatic heterocycles. The van der Waals surface area contributed by atoms with Gasteiger partial charge in [0.15, 0.2) is 0 Å². The van der Waals surface area contributed by atoms with E-state index in [0.717, 1.165) is 11.1 Å². The first kappa shape index (κ1) is 20.7. The SMILES string of the molecule is C[Si](C)(C)ONC(=O)[C@H]1Cc2ccccc2CN1S(=O)(=O)Cc1ccccc1. The highest BCUT2D eigenvalue weighted by Gasteiger charge is 2.39. The Morgan fingerprint density at radius 1 is 1.07 bits per heavy atom. The molecular weight excluding hydrogens is 392 g/mol. The lowest BCUT2D eigenvalue weighted by Gasteiger charge is -2.35. The summed E-state index contributed by atoms with van der Waals surface area (Å²) in [7, 11) is -5.68. The average molecular weight is 419 g/mol. The molecule has 3 rings (SSSR count). The Morgan fingerprint density at radius 3 is 2.32 bits per heavy atom. The summed E-state index contributed by atoms with van der Waals surface area (Å²) in [6.07, 6.45) is 0.324. The Bertz CT molecular complexity index is 942. The molecule has 1 atom stereocenters. The van der Waals surface area contributed by atoms with Gasteiger partial charge in [-0.05, 0) is 42.8 Å². The lowest BCUT2D eigenvalue weighted by molar-refractivity contribution is -0.132. The number of benzene rings is 2. The lowest BCUT2D eigenvalue weighted by atomic mass is 9.95. The second kappa shape index (κ2) is 8.16. The highest BCUT2D eigenvalue weighted by molar-refractivity contribution is 7.88. The third kappa shape index (κ3) is 5.08. The largest absolute Gasteiger partial charge is 0.320 e. The topological polar surface area (TPSA) is 75.7 Å². The summed E-state index contributed by atoms with van der Waals surface area (Å²) in [5, 5.41) is 0. The van der Waals surface area contributed by atoms with E-state index < -0.39 is 30.3 Å². The first-order valence-electron chi connectivity index (χ1n) is 9.24. The lowest BCUT2D eigenvalue weighted by Crippen LogP contribution is -2.54. The van der Waals surface area contributed by atoms with Gasteiger partial charge in [-0.2, -0.15) is 4.31 Å². The van der Waals surface area contributed by atoms with E-state index in [4.69, 9.17) is 4.53 Å². The van der Waals surface area contributed by atoms with Crippen molar-refractivity contribution in [3.05, 3.63) is 71.3 Å². The molecule has 1 aliphatic rings. The fraction of sp³-hybridized carbons (Fsp3) is 0.350. The molecule has 1 heterocycles. The van der Waals surface area contributed by atoms with Crippen molar-refractivity contribution in [2.75, 3.05) is 0 Å². The van der Waals surface area contributed by atoms with Gasteiger partial charge in [0.2, 0.25) is 18.3 Å². The van der Waals surface area contributed by atoms with Gasteiger partial charge >= 0.3 is 0 Å². The van der Waals surface area contributed by atoms with Gasteiger partial charge in [0.25, 0.3) is 5.91 Å². The van der Waals surface area contributed by atoms with Gasteiger partial charge in [-0.1, -0.05) is 54.6 Å². The van der Waals surface area contributed by atoms with E-state index in [2.05, 4.69) is 5.48 Å². The fourth-order valence-corrected chi connectivity index (χ4v) is 5.23. The predicted octanol–water partition coefficient (Wildman–Crippen LogP) is 2.83. The second-order valence-corrected chi connectivity index (χ2v) is 14.3. The van der Waals surface area contributed by atoms with Crippen LogP contribution < -0.4 is 5.48 Å². The first-order chi connectivity index (χ1) is 13.2. The zero-order valence-electron chi connectivity index (χ0n) is 16.4. The molecule has 0 radical (unpaired) electrons. The number of carbonyl (C=O) groups is 1. The summed E-state index contributed by atoms with van der Waals surface area (Å²) < 4.78 is 33.2. The third-order valence-electron chi connectivity index (χ3n) is 4.52. The van der Waals surface area contributed by atoms with E-state index in [-0.39, 0.29) is 12.3 Å². The normalized spacial score (nSPS) is 17.8. The number of rotatable bonds is 6. The van der Waals surface area contributed by atoms with E-state index in [0.29, 0.717) is 12.0 Å². The Morgan fingerprint density at radius 2 is 1.68 bits per heavy atom. The summed E-state index contributed by atoms with van der Waals surface area (Å²) in [6.45, 7) is 6.03. The molecular formula is C20H26N2O4SSi. The summed E-state index contributed by atoms with van der Waals surface area (Å²) in [5.41, 5.74) is 5.11. The van der Waals surface area contributed by atoms with Crippen LogP contribution in [0.3, 0.4) is 0 Å². The molecule has 0 saturated carbocycles. The van der Waals surface area contributed by atoms with Crippen LogP contribution in [-0.2, 0) is 38.1 Å². The molecule has 1 aliphatic heterocycles. The van der Waals surface area contributed by atoms with Crippen molar-refractivity contribution in [2.24, 2.45) is 0 Å². The monoisotopic (exact) mass is 418 g/mol. The Labute approximate surface area is 167 Å². The molecule has 2 aromatic rings. The smallest absolute Gasteiger partial charge is 0.261 e. The number of sulfonamides is 1. The number of hydrogen-bond acceptors (Lipinski definition) is 4. The molecule has 0 unspecified atom stereocenters. The van der Waals surface area contributed by atoms with Crippen LogP contribution in [0.5, 0.6) is 0 Å². The van der Waals surface area contributed by atoms with Crippen molar-refractivity contribution in [3.63, 3.8) is 0 Å². The quantitative estimate of drug-likeness (QED) is 0.578. The number of nitrogens with one attached hydrogen (secondary N) is 1. The second-order valence-electron chi connectivity index (χ2n) is 7.96.